The summed E-state index contributed by atoms with van der Waals surface area (Å²) in [6, 6.07) is 12.5. The standard InChI is InChI=1S/C16H21Si.3ClH.Ti/c1-2-3-9-14-17(16-12-7-8-13-16)15-10-5-4-6-11-15;;;;/h4-7,10-12,17H,2-3,8-9,14H2,1H3;3*1H;/q-1;;;;+4/p-3. The molecule has 1 aromatic carbocycles. The van der Waals surface area contributed by atoms with Gasteiger partial charge >= 0.3 is 21.7 Å². The Kier molecular flexibility index (Phi) is 19.4. The third-order valence-electron chi connectivity index (χ3n) is 3.40. The van der Waals surface area contributed by atoms with Gasteiger partial charge in [0.1, 0.15) is 0 Å². The Labute approximate surface area is 164 Å². The fraction of sp³-hybridized carbons (Fsp3) is 0.375. The summed E-state index contributed by atoms with van der Waals surface area (Å²) >= 11 is 0. The number of benzene rings is 1. The summed E-state index contributed by atoms with van der Waals surface area (Å²) in [6.07, 6.45) is 13.2. The second kappa shape index (κ2) is 15.4. The van der Waals surface area contributed by atoms with Crippen LogP contribution >= 0.6 is 0 Å². The largest absolute Gasteiger partial charge is 4.00 e. The van der Waals surface area contributed by atoms with Gasteiger partial charge < -0.3 is 37.2 Å². The Hall–Kier alpha value is 0.501. The van der Waals surface area contributed by atoms with Crippen molar-refractivity contribution in [3.8, 4) is 0 Å². The average Bonchev–Trinajstić information content (AvgIpc) is 2.89. The monoisotopic (exact) mass is 394 g/mol. The molecule has 1 atom stereocenters. The summed E-state index contributed by atoms with van der Waals surface area (Å²) in [4.78, 5) is 0. The summed E-state index contributed by atoms with van der Waals surface area (Å²) in [5, 5.41) is 3.12. The summed E-state index contributed by atoms with van der Waals surface area (Å²) in [7, 11) is -0.957. The van der Waals surface area contributed by atoms with Crippen molar-refractivity contribution in [3.05, 3.63) is 53.8 Å². The molecule has 5 heteroatoms. The van der Waals surface area contributed by atoms with E-state index in [0.717, 1.165) is 6.42 Å². The molecule has 1 unspecified atom stereocenters. The van der Waals surface area contributed by atoms with Gasteiger partial charge in [0.2, 0.25) is 0 Å². The molecule has 0 amide bonds. The molecule has 0 fully saturated rings. The van der Waals surface area contributed by atoms with Crippen molar-refractivity contribution in [3.63, 3.8) is 0 Å². The smallest absolute Gasteiger partial charge is 1.00 e. The molecule has 0 nitrogen and oxygen atoms in total. The molecule has 1 aromatic rings. The van der Waals surface area contributed by atoms with Crippen LogP contribution in [-0.2, 0) is 21.7 Å². The van der Waals surface area contributed by atoms with Crippen molar-refractivity contribution in [2.45, 2.75) is 38.7 Å². The van der Waals surface area contributed by atoms with Gasteiger partial charge in [0, 0.05) is 0 Å². The SMILES string of the molecule is CCCCC[SiH](C1=[C-]CC=C1)c1ccccc1.[Cl-].[Cl-].[Cl-].[Ti+4]. The van der Waals surface area contributed by atoms with Gasteiger partial charge in [-0.2, -0.15) is 6.08 Å². The van der Waals surface area contributed by atoms with E-state index in [1.165, 1.54) is 30.5 Å². The molecule has 1 aliphatic carbocycles. The summed E-state index contributed by atoms with van der Waals surface area (Å²) in [5.74, 6) is 0. The zero-order chi connectivity index (χ0) is 11.9. The minimum absolute atomic E-state index is 0. The maximum Gasteiger partial charge on any atom is 4.00 e. The van der Waals surface area contributed by atoms with Crippen LogP contribution in [0.5, 0.6) is 0 Å². The molecule has 0 saturated heterocycles. The van der Waals surface area contributed by atoms with E-state index < -0.39 is 8.80 Å². The van der Waals surface area contributed by atoms with E-state index in [1.807, 2.05) is 0 Å². The van der Waals surface area contributed by atoms with Gasteiger partial charge in [-0.05, 0) is 0 Å². The second-order valence-electron chi connectivity index (χ2n) is 4.70. The molecule has 0 aliphatic heterocycles. The summed E-state index contributed by atoms with van der Waals surface area (Å²) in [6.45, 7) is 2.28. The van der Waals surface area contributed by atoms with Crippen molar-refractivity contribution in [2.75, 3.05) is 0 Å². The third-order valence-corrected chi connectivity index (χ3v) is 6.72. The predicted octanol–water partition coefficient (Wildman–Crippen LogP) is -5.45. The first-order valence-corrected chi connectivity index (χ1v) is 8.71. The van der Waals surface area contributed by atoms with Gasteiger partial charge in [-0.25, -0.2) is 11.3 Å². The minimum atomic E-state index is -0.957. The average molecular weight is 396 g/mol. The fourth-order valence-electron chi connectivity index (χ4n) is 2.45. The Bertz CT molecular complexity index is 407. The van der Waals surface area contributed by atoms with Crippen molar-refractivity contribution in [1.82, 2.24) is 0 Å². The molecule has 0 aromatic heterocycles. The van der Waals surface area contributed by atoms with E-state index in [0.29, 0.717) is 0 Å². The van der Waals surface area contributed by atoms with Gasteiger partial charge in [0.05, 0.1) is 8.80 Å². The number of hydrogen-bond acceptors (Lipinski definition) is 0. The van der Waals surface area contributed by atoms with Gasteiger partial charge in [-0.1, -0.05) is 67.7 Å². The second-order valence-corrected chi connectivity index (χ2v) is 7.67. The van der Waals surface area contributed by atoms with Gasteiger partial charge in [-0.15, -0.1) is 6.42 Å². The maximum absolute atomic E-state index is 3.55. The van der Waals surface area contributed by atoms with Crippen LogP contribution in [0.2, 0.25) is 6.04 Å². The van der Waals surface area contributed by atoms with Crippen molar-refractivity contribution < 1.29 is 58.9 Å². The molecule has 0 radical (unpaired) electrons. The van der Waals surface area contributed by atoms with E-state index in [4.69, 9.17) is 0 Å². The van der Waals surface area contributed by atoms with E-state index >= 15 is 0 Å². The number of allylic oxidation sites excluding steroid dienone is 4. The topological polar surface area (TPSA) is 0 Å². The van der Waals surface area contributed by atoms with Crippen LogP contribution in [0.25, 0.3) is 0 Å². The van der Waals surface area contributed by atoms with Crippen LogP contribution < -0.4 is 42.4 Å². The van der Waals surface area contributed by atoms with Gasteiger partial charge in [-0.3, -0.25) is 6.08 Å². The molecule has 2 rings (SSSR count). The summed E-state index contributed by atoms with van der Waals surface area (Å²) < 4.78 is 0. The van der Waals surface area contributed by atoms with E-state index in [9.17, 15) is 0 Å². The molecule has 0 bridgehead atoms. The van der Waals surface area contributed by atoms with Crippen LogP contribution in [0, 0.1) is 6.08 Å². The van der Waals surface area contributed by atoms with Gasteiger partial charge in [0.25, 0.3) is 0 Å². The molecule has 0 saturated carbocycles. The van der Waals surface area contributed by atoms with Crippen LogP contribution in [0.4, 0.5) is 0 Å². The Balaban J connectivity index is -0.000000810. The van der Waals surface area contributed by atoms with E-state index in [-0.39, 0.29) is 58.9 Å². The molecule has 1 aliphatic rings. The Morgan fingerprint density at radius 2 is 1.71 bits per heavy atom. The number of halogens is 3. The normalized spacial score (nSPS) is 12.9. The number of rotatable bonds is 6. The van der Waals surface area contributed by atoms with Crippen LogP contribution in [0.1, 0.15) is 32.6 Å². The Morgan fingerprint density at radius 1 is 1.05 bits per heavy atom. The minimum Gasteiger partial charge on any atom is -1.00 e. The molecule has 0 N–H and O–H groups in total. The number of hydrogen-bond donors (Lipinski definition) is 0. The van der Waals surface area contributed by atoms with Crippen molar-refractivity contribution in [2.24, 2.45) is 0 Å². The van der Waals surface area contributed by atoms with E-state index in [2.05, 4.69) is 55.5 Å². The zero-order valence-electron chi connectivity index (χ0n) is 12.3. The third kappa shape index (κ3) is 8.64. The first kappa shape index (κ1) is 26.4. The quantitative estimate of drug-likeness (QED) is 0.256. The molecule has 0 spiro atoms. The van der Waals surface area contributed by atoms with E-state index in [1.54, 1.807) is 5.19 Å². The molecule has 21 heavy (non-hydrogen) atoms. The molecular formula is C16H21Cl3SiTi. The Morgan fingerprint density at radius 3 is 2.24 bits per heavy atom. The fourth-order valence-corrected chi connectivity index (χ4v) is 5.57. The van der Waals surface area contributed by atoms with Gasteiger partial charge in [0.15, 0.2) is 0 Å². The van der Waals surface area contributed by atoms with Crippen LogP contribution in [0.15, 0.2) is 47.7 Å². The van der Waals surface area contributed by atoms with Crippen molar-refractivity contribution >= 4 is 14.0 Å². The molecule has 0 heterocycles. The zero-order valence-corrected chi connectivity index (χ0v) is 17.3. The number of unbranched alkanes of at least 4 members (excludes halogenated alkanes) is 2. The predicted molar refractivity (Wildman–Crippen MR) is 78.1 cm³/mol. The molecular weight excluding hydrogens is 374 g/mol. The molecule has 114 valence electrons. The summed E-state index contributed by atoms with van der Waals surface area (Å²) in [5.41, 5.74) is 0. The van der Waals surface area contributed by atoms with Crippen LogP contribution in [-0.4, -0.2) is 8.80 Å². The first-order chi connectivity index (χ1) is 8.42. The van der Waals surface area contributed by atoms with Crippen LogP contribution in [0.3, 0.4) is 0 Å². The first-order valence-electron chi connectivity index (χ1n) is 6.74. The van der Waals surface area contributed by atoms with Crippen molar-refractivity contribution in [1.29, 1.82) is 0 Å². The maximum atomic E-state index is 3.55.